The third kappa shape index (κ3) is 4.56. The van der Waals surface area contributed by atoms with Crippen LogP contribution in [0.5, 0.6) is 0 Å². The summed E-state index contributed by atoms with van der Waals surface area (Å²) in [5, 5.41) is 14.4. The number of nitrogens with zero attached hydrogens (tertiary/aromatic N) is 6. The largest absolute Gasteiger partial charge is 0.323 e. The summed E-state index contributed by atoms with van der Waals surface area (Å²) in [5.41, 5.74) is 4.20. The molecule has 0 aliphatic heterocycles. The fourth-order valence-electron chi connectivity index (χ4n) is 3.53. The minimum Gasteiger partial charge on any atom is -0.323 e. The van der Waals surface area contributed by atoms with Crippen LogP contribution in [0.4, 0.5) is 11.4 Å². The van der Waals surface area contributed by atoms with E-state index in [1.807, 2.05) is 39.8 Å². The van der Waals surface area contributed by atoms with Crippen molar-refractivity contribution in [1.82, 2.24) is 29.4 Å². The molecule has 1 atom stereocenters. The third-order valence-corrected chi connectivity index (χ3v) is 5.41. The number of nitrogens with one attached hydrogen (secondary N) is 2. The van der Waals surface area contributed by atoms with Crippen molar-refractivity contribution in [1.29, 1.82) is 0 Å². The lowest BCUT2D eigenvalue weighted by molar-refractivity contribution is -0.119. The number of aromatic nitrogens is 6. The van der Waals surface area contributed by atoms with E-state index in [9.17, 15) is 9.59 Å². The van der Waals surface area contributed by atoms with Gasteiger partial charge in [0.05, 0.1) is 16.4 Å². The van der Waals surface area contributed by atoms with E-state index >= 15 is 0 Å². The highest BCUT2D eigenvalue weighted by Crippen LogP contribution is 2.27. The number of halogens is 1. The minimum absolute atomic E-state index is 0.0107. The van der Waals surface area contributed by atoms with Gasteiger partial charge in [0, 0.05) is 22.8 Å². The van der Waals surface area contributed by atoms with Crippen LogP contribution in [-0.4, -0.2) is 41.2 Å². The summed E-state index contributed by atoms with van der Waals surface area (Å²) in [7, 11) is 0. The lowest BCUT2D eigenvalue weighted by Crippen LogP contribution is -2.25. The van der Waals surface area contributed by atoms with Crippen molar-refractivity contribution in [3.63, 3.8) is 0 Å². The number of hydrogen-bond donors (Lipinski definition) is 2. The number of anilines is 2. The predicted molar refractivity (Wildman–Crippen MR) is 125 cm³/mol. The quantitative estimate of drug-likeness (QED) is 0.463. The number of aryl methyl sites for hydroxylation is 4. The molecule has 2 amide bonds. The Hall–Kier alpha value is -3.79. The molecule has 33 heavy (non-hydrogen) atoms. The van der Waals surface area contributed by atoms with Gasteiger partial charge in [-0.15, -0.1) is 5.10 Å². The van der Waals surface area contributed by atoms with E-state index < -0.39 is 11.9 Å². The number of amides is 2. The van der Waals surface area contributed by atoms with Crippen molar-refractivity contribution in [3.05, 3.63) is 64.0 Å². The van der Waals surface area contributed by atoms with E-state index in [2.05, 4.69) is 30.8 Å². The summed E-state index contributed by atoms with van der Waals surface area (Å²) < 4.78 is 3.17. The van der Waals surface area contributed by atoms with Gasteiger partial charge in [-0.3, -0.25) is 14.3 Å². The van der Waals surface area contributed by atoms with Crippen LogP contribution < -0.4 is 10.6 Å². The van der Waals surface area contributed by atoms with Gasteiger partial charge in [-0.1, -0.05) is 11.6 Å². The van der Waals surface area contributed by atoms with Crippen molar-refractivity contribution >= 4 is 40.6 Å². The first-order chi connectivity index (χ1) is 15.6. The Kier molecular flexibility index (Phi) is 5.86. The summed E-state index contributed by atoms with van der Waals surface area (Å²) >= 11 is 6.36. The van der Waals surface area contributed by atoms with Crippen LogP contribution in [0, 0.1) is 27.7 Å². The van der Waals surface area contributed by atoms with E-state index in [0.29, 0.717) is 17.2 Å². The first-order valence-corrected chi connectivity index (χ1v) is 10.7. The molecule has 0 aliphatic carbocycles. The average molecular weight is 467 g/mol. The normalized spacial score (nSPS) is 12.1. The Morgan fingerprint density at radius 1 is 0.939 bits per heavy atom. The molecule has 0 radical (unpaired) electrons. The summed E-state index contributed by atoms with van der Waals surface area (Å²) in [6.07, 6.45) is 0. The molecule has 0 saturated heterocycles. The second-order valence-electron chi connectivity index (χ2n) is 7.87. The zero-order valence-corrected chi connectivity index (χ0v) is 19.6. The molecular formula is C22H23ClN8O2. The van der Waals surface area contributed by atoms with E-state index in [1.165, 1.54) is 4.52 Å². The van der Waals surface area contributed by atoms with Crippen LogP contribution in [0.1, 0.15) is 46.4 Å². The molecule has 1 aromatic carbocycles. The van der Waals surface area contributed by atoms with Crippen LogP contribution in [0.2, 0.25) is 5.02 Å². The van der Waals surface area contributed by atoms with E-state index in [-0.39, 0.29) is 16.8 Å². The average Bonchev–Trinajstić information content (AvgIpc) is 3.32. The Morgan fingerprint density at radius 2 is 1.67 bits per heavy atom. The minimum atomic E-state index is -0.518. The molecule has 0 bridgehead atoms. The molecule has 2 N–H and O–H groups in total. The molecule has 170 valence electrons. The Labute approximate surface area is 195 Å². The van der Waals surface area contributed by atoms with Gasteiger partial charge in [0.2, 0.25) is 11.7 Å². The van der Waals surface area contributed by atoms with Crippen LogP contribution in [0.25, 0.3) is 5.78 Å². The summed E-state index contributed by atoms with van der Waals surface area (Å²) in [5.74, 6) is -0.413. The van der Waals surface area contributed by atoms with E-state index in [4.69, 9.17) is 11.6 Å². The molecule has 4 aromatic rings. The van der Waals surface area contributed by atoms with E-state index in [1.54, 1.807) is 29.8 Å². The summed E-state index contributed by atoms with van der Waals surface area (Å²) in [6.45, 7) is 9.24. The van der Waals surface area contributed by atoms with Gasteiger partial charge in [-0.05, 0) is 65.0 Å². The second-order valence-corrected chi connectivity index (χ2v) is 8.28. The second kappa shape index (κ2) is 8.62. The maximum atomic E-state index is 12.7. The van der Waals surface area contributed by atoms with Crippen LogP contribution in [0.15, 0.2) is 30.3 Å². The molecule has 3 heterocycles. The fourth-order valence-corrected chi connectivity index (χ4v) is 3.76. The fraction of sp³-hybridized carbons (Fsp3) is 0.273. The van der Waals surface area contributed by atoms with Gasteiger partial charge >= 0.3 is 0 Å². The molecule has 3 aromatic heterocycles. The van der Waals surface area contributed by atoms with Gasteiger partial charge in [-0.25, -0.2) is 9.50 Å². The standard InChI is InChI=1S/C22H23ClN8O2/c1-11-8-14(4)31-22(24-11)27-19(29-31)21(33)25-16-6-7-18(17(23)10-16)26-20(32)15(5)30-13(3)9-12(2)28-30/h6-10,15H,1-5H3,(H,25,33)(H,26,32). The number of carbonyl (C=O) groups excluding carboxylic acids is 2. The SMILES string of the molecule is Cc1cc(C)n2nc(C(=O)Nc3ccc(NC(=O)C(C)n4nc(C)cc4C)c(Cl)c3)nc2n1. The highest BCUT2D eigenvalue weighted by atomic mass is 35.5. The summed E-state index contributed by atoms with van der Waals surface area (Å²) in [6, 6.07) is 8.05. The molecule has 10 nitrogen and oxygen atoms in total. The van der Waals surface area contributed by atoms with Gasteiger partial charge in [-0.2, -0.15) is 10.1 Å². The van der Waals surface area contributed by atoms with Crippen molar-refractivity contribution < 1.29 is 9.59 Å². The zero-order valence-electron chi connectivity index (χ0n) is 18.8. The molecule has 1 unspecified atom stereocenters. The number of hydrogen-bond acceptors (Lipinski definition) is 6. The van der Waals surface area contributed by atoms with E-state index in [0.717, 1.165) is 22.8 Å². The lowest BCUT2D eigenvalue weighted by atomic mass is 10.2. The number of benzene rings is 1. The first kappa shape index (κ1) is 22.4. The maximum absolute atomic E-state index is 12.7. The number of rotatable bonds is 5. The topological polar surface area (TPSA) is 119 Å². The molecular weight excluding hydrogens is 444 g/mol. The van der Waals surface area contributed by atoms with Gasteiger partial charge in [0.1, 0.15) is 6.04 Å². The highest BCUT2D eigenvalue weighted by Gasteiger charge is 2.20. The molecule has 0 saturated carbocycles. The molecule has 0 aliphatic rings. The van der Waals surface area contributed by atoms with Crippen molar-refractivity contribution in [2.75, 3.05) is 10.6 Å². The number of fused-ring (bicyclic) bond motifs is 1. The molecule has 11 heteroatoms. The van der Waals surface area contributed by atoms with Crippen LogP contribution in [0.3, 0.4) is 0 Å². The van der Waals surface area contributed by atoms with Crippen molar-refractivity contribution in [2.24, 2.45) is 0 Å². The monoisotopic (exact) mass is 466 g/mol. The van der Waals surface area contributed by atoms with Gasteiger partial charge in [0.15, 0.2) is 0 Å². The maximum Gasteiger partial charge on any atom is 0.295 e. The summed E-state index contributed by atoms with van der Waals surface area (Å²) in [4.78, 5) is 33.8. The van der Waals surface area contributed by atoms with Crippen molar-refractivity contribution in [2.45, 2.75) is 40.7 Å². The lowest BCUT2D eigenvalue weighted by Gasteiger charge is -2.15. The molecule has 0 spiro atoms. The predicted octanol–water partition coefficient (Wildman–Crippen LogP) is 3.66. The Morgan fingerprint density at radius 3 is 2.33 bits per heavy atom. The molecule has 0 fully saturated rings. The Bertz CT molecular complexity index is 1390. The van der Waals surface area contributed by atoms with Gasteiger partial charge < -0.3 is 10.6 Å². The van der Waals surface area contributed by atoms with Crippen LogP contribution in [-0.2, 0) is 4.79 Å². The third-order valence-electron chi connectivity index (χ3n) is 5.10. The van der Waals surface area contributed by atoms with Gasteiger partial charge in [0.25, 0.3) is 11.7 Å². The number of carbonyl (C=O) groups is 2. The zero-order chi connectivity index (χ0) is 23.9. The van der Waals surface area contributed by atoms with Crippen molar-refractivity contribution in [3.8, 4) is 0 Å². The van der Waals surface area contributed by atoms with Crippen LogP contribution >= 0.6 is 11.6 Å². The molecule has 4 rings (SSSR count). The first-order valence-electron chi connectivity index (χ1n) is 10.3. The Balaban J connectivity index is 1.47. The smallest absolute Gasteiger partial charge is 0.295 e. The highest BCUT2D eigenvalue weighted by molar-refractivity contribution is 6.34.